The number of phenols is 1. The van der Waals surface area contributed by atoms with Crippen molar-refractivity contribution in [2.75, 3.05) is 18.8 Å². The monoisotopic (exact) mass is 247 g/mol. The Morgan fingerprint density at radius 3 is 2.83 bits per heavy atom. The van der Waals surface area contributed by atoms with Gasteiger partial charge in [0.25, 0.3) is 5.91 Å². The number of nitrogen functional groups attached to an aromatic ring is 1. The van der Waals surface area contributed by atoms with Gasteiger partial charge < -0.3 is 15.7 Å². The molecule has 1 rings (SSSR count). The second kappa shape index (κ2) is 5.92. The molecule has 18 heavy (non-hydrogen) atoms. The molecule has 0 fully saturated rings. The molecule has 0 saturated carbocycles. The first-order valence-corrected chi connectivity index (χ1v) is 5.77. The third-order valence-electron chi connectivity index (χ3n) is 2.68. The molecule has 3 N–H and O–H groups in total. The molecule has 0 radical (unpaired) electrons. The van der Waals surface area contributed by atoms with E-state index in [9.17, 15) is 9.90 Å². The van der Waals surface area contributed by atoms with Gasteiger partial charge in [-0.05, 0) is 26.0 Å². The SMILES string of the molecule is CCN(CC(C)C#N)C(=O)c1cccc(N)c1O. The minimum absolute atomic E-state index is 0.169. The van der Waals surface area contributed by atoms with Gasteiger partial charge >= 0.3 is 0 Å². The largest absolute Gasteiger partial charge is 0.505 e. The summed E-state index contributed by atoms with van der Waals surface area (Å²) in [6.45, 7) is 4.37. The van der Waals surface area contributed by atoms with Crippen molar-refractivity contribution in [3.8, 4) is 11.8 Å². The number of aromatic hydroxyl groups is 1. The van der Waals surface area contributed by atoms with Gasteiger partial charge in [-0.25, -0.2) is 0 Å². The zero-order chi connectivity index (χ0) is 13.7. The first-order valence-electron chi connectivity index (χ1n) is 5.77. The predicted molar refractivity (Wildman–Crippen MR) is 68.9 cm³/mol. The van der Waals surface area contributed by atoms with Gasteiger partial charge in [-0.2, -0.15) is 5.26 Å². The molecule has 1 atom stereocenters. The molecular weight excluding hydrogens is 230 g/mol. The lowest BCUT2D eigenvalue weighted by Gasteiger charge is -2.22. The van der Waals surface area contributed by atoms with Gasteiger partial charge in [-0.1, -0.05) is 6.07 Å². The van der Waals surface area contributed by atoms with Crippen molar-refractivity contribution in [3.63, 3.8) is 0 Å². The molecule has 0 aromatic heterocycles. The maximum absolute atomic E-state index is 12.2. The Hall–Kier alpha value is -2.22. The number of anilines is 1. The fourth-order valence-electron chi connectivity index (χ4n) is 1.63. The Kier molecular flexibility index (Phi) is 4.55. The van der Waals surface area contributed by atoms with E-state index in [1.165, 1.54) is 17.0 Å². The number of carbonyl (C=O) groups is 1. The van der Waals surface area contributed by atoms with Crippen molar-refractivity contribution < 1.29 is 9.90 Å². The Morgan fingerprint density at radius 2 is 2.28 bits per heavy atom. The molecular formula is C13H17N3O2. The van der Waals surface area contributed by atoms with E-state index in [1.807, 2.05) is 6.92 Å². The normalized spacial score (nSPS) is 11.6. The van der Waals surface area contributed by atoms with Crippen molar-refractivity contribution in [1.82, 2.24) is 4.90 Å². The van der Waals surface area contributed by atoms with Gasteiger partial charge in [0.1, 0.15) is 0 Å². The van der Waals surface area contributed by atoms with Crippen LogP contribution in [-0.4, -0.2) is 29.0 Å². The van der Waals surface area contributed by atoms with Crippen LogP contribution < -0.4 is 5.73 Å². The van der Waals surface area contributed by atoms with Crippen LogP contribution >= 0.6 is 0 Å². The molecule has 0 aliphatic carbocycles. The molecule has 5 nitrogen and oxygen atoms in total. The summed E-state index contributed by atoms with van der Waals surface area (Å²) in [5, 5.41) is 18.5. The summed E-state index contributed by atoms with van der Waals surface area (Å²) in [4.78, 5) is 13.7. The molecule has 5 heteroatoms. The maximum atomic E-state index is 12.2. The van der Waals surface area contributed by atoms with Crippen LogP contribution in [0.4, 0.5) is 5.69 Å². The van der Waals surface area contributed by atoms with E-state index >= 15 is 0 Å². The lowest BCUT2D eigenvalue weighted by Crippen LogP contribution is -2.34. The van der Waals surface area contributed by atoms with E-state index in [1.54, 1.807) is 13.0 Å². The molecule has 1 aromatic carbocycles. The fraction of sp³-hybridized carbons (Fsp3) is 0.385. The lowest BCUT2D eigenvalue weighted by molar-refractivity contribution is 0.0750. The Labute approximate surface area is 106 Å². The highest BCUT2D eigenvalue weighted by molar-refractivity contribution is 5.98. The van der Waals surface area contributed by atoms with Gasteiger partial charge in [0, 0.05) is 13.1 Å². The lowest BCUT2D eigenvalue weighted by atomic mass is 10.1. The predicted octanol–water partition coefficient (Wildman–Crippen LogP) is 1.60. The van der Waals surface area contributed by atoms with E-state index < -0.39 is 0 Å². The highest BCUT2D eigenvalue weighted by Gasteiger charge is 2.20. The summed E-state index contributed by atoms with van der Waals surface area (Å²) in [5.74, 6) is -0.771. The molecule has 0 bridgehead atoms. The van der Waals surface area contributed by atoms with Crippen LogP contribution in [0, 0.1) is 17.2 Å². The van der Waals surface area contributed by atoms with Crippen molar-refractivity contribution in [2.24, 2.45) is 5.92 Å². The molecule has 0 spiro atoms. The fourth-order valence-corrected chi connectivity index (χ4v) is 1.63. The first-order chi connectivity index (χ1) is 8.51. The van der Waals surface area contributed by atoms with Crippen LogP contribution in [0.25, 0.3) is 0 Å². The molecule has 96 valence electrons. The van der Waals surface area contributed by atoms with Crippen LogP contribution in [0.15, 0.2) is 18.2 Å². The average molecular weight is 247 g/mol. The third-order valence-corrected chi connectivity index (χ3v) is 2.68. The van der Waals surface area contributed by atoms with E-state index in [2.05, 4.69) is 6.07 Å². The summed E-state index contributed by atoms with van der Waals surface area (Å²) in [6.07, 6.45) is 0. The standard InChI is InChI=1S/C13H17N3O2/c1-3-16(8-9(2)7-14)13(18)10-5-4-6-11(15)12(10)17/h4-6,9,17H,3,8,15H2,1-2H3. The summed E-state index contributed by atoms with van der Waals surface area (Å²) in [6, 6.07) is 6.75. The van der Waals surface area contributed by atoms with Crippen LogP contribution in [0.3, 0.4) is 0 Å². The van der Waals surface area contributed by atoms with Crippen molar-refractivity contribution in [2.45, 2.75) is 13.8 Å². The third kappa shape index (κ3) is 2.92. The number of carbonyl (C=O) groups excluding carboxylic acids is 1. The Bertz CT molecular complexity index is 480. The molecule has 1 amide bonds. The zero-order valence-corrected chi connectivity index (χ0v) is 10.6. The van der Waals surface area contributed by atoms with E-state index in [0.717, 1.165) is 0 Å². The van der Waals surface area contributed by atoms with Crippen LogP contribution in [0.2, 0.25) is 0 Å². The smallest absolute Gasteiger partial charge is 0.257 e. The minimum atomic E-state index is -0.315. The Balaban J connectivity index is 2.97. The number of rotatable bonds is 4. The van der Waals surface area contributed by atoms with Crippen LogP contribution in [-0.2, 0) is 0 Å². The maximum Gasteiger partial charge on any atom is 0.257 e. The van der Waals surface area contributed by atoms with E-state index in [4.69, 9.17) is 11.0 Å². The average Bonchev–Trinajstić information content (AvgIpc) is 2.38. The first kappa shape index (κ1) is 13.8. The highest BCUT2D eigenvalue weighted by atomic mass is 16.3. The molecule has 0 aliphatic rings. The van der Waals surface area contributed by atoms with Crippen molar-refractivity contribution >= 4 is 11.6 Å². The zero-order valence-electron chi connectivity index (χ0n) is 10.6. The molecule has 0 aliphatic heterocycles. The quantitative estimate of drug-likeness (QED) is 0.624. The number of nitrogens with zero attached hydrogens (tertiary/aromatic N) is 2. The second-order valence-corrected chi connectivity index (χ2v) is 4.12. The number of nitriles is 1. The number of phenolic OH excluding ortho intramolecular Hbond substituents is 1. The number of benzene rings is 1. The summed E-state index contributed by atoms with van der Waals surface area (Å²) in [7, 11) is 0. The van der Waals surface area contributed by atoms with E-state index in [-0.39, 0.29) is 28.8 Å². The van der Waals surface area contributed by atoms with Crippen molar-refractivity contribution in [1.29, 1.82) is 5.26 Å². The number of para-hydroxylation sites is 1. The highest BCUT2D eigenvalue weighted by Crippen LogP contribution is 2.25. The summed E-state index contributed by atoms with van der Waals surface area (Å²) >= 11 is 0. The minimum Gasteiger partial charge on any atom is -0.505 e. The van der Waals surface area contributed by atoms with Gasteiger partial charge in [-0.15, -0.1) is 0 Å². The molecule has 1 aromatic rings. The van der Waals surface area contributed by atoms with E-state index in [0.29, 0.717) is 13.1 Å². The number of hydrogen-bond donors (Lipinski definition) is 2. The number of amides is 1. The Morgan fingerprint density at radius 1 is 1.61 bits per heavy atom. The number of hydrogen-bond acceptors (Lipinski definition) is 4. The van der Waals surface area contributed by atoms with Crippen molar-refractivity contribution in [3.05, 3.63) is 23.8 Å². The van der Waals surface area contributed by atoms with Crippen LogP contribution in [0.5, 0.6) is 5.75 Å². The molecule has 0 heterocycles. The summed E-state index contributed by atoms with van der Waals surface area (Å²) in [5.41, 5.74) is 5.89. The topological polar surface area (TPSA) is 90.4 Å². The molecule has 1 unspecified atom stereocenters. The van der Waals surface area contributed by atoms with Gasteiger partial charge in [0.2, 0.25) is 0 Å². The van der Waals surface area contributed by atoms with Gasteiger partial charge in [0.05, 0.1) is 23.2 Å². The van der Waals surface area contributed by atoms with Gasteiger partial charge in [0.15, 0.2) is 5.75 Å². The number of nitrogens with two attached hydrogens (primary N) is 1. The second-order valence-electron chi connectivity index (χ2n) is 4.12. The summed E-state index contributed by atoms with van der Waals surface area (Å²) < 4.78 is 0. The van der Waals surface area contributed by atoms with Crippen LogP contribution in [0.1, 0.15) is 24.2 Å². The molecule has 0 saturated heterocycles. The van der Waals surface area contributed by atoms with Gasteiger partial charge in [-0.3, -0.25) is 4.79 Å².